The molecule has 0 saturated heterocycles. The summed E-state index contributed by atoms with van der Waals surface area (Å²) >= 11 is 0. The SMILES string of the molecule is Cc1nnc(NCCC(=O)O)nc1C. The average molecular weight is 196 g/mol. The van der Waals surface area contributed by atoms with Gasteiger partial charge in [-0.1, -0.05) is 0 Å². The van der Waals surface area contributed by atoms with E-state index in [1.165, 1.54) is 0 Å². The summed E-state index contributed by atoms with van der Waals surface area (Å²) in [4.78, 5) is 14.3. The van der Waals surface area contributed by atoms with Crippen molar-refractivity contribution >= 4 is 11.9 Å². The van der Waals surface area contributed by atoms with Crippen LogP contribution in [0.3, 0.4) is 0 Å². The van der Waals surface area contributed by atoms with Gasteiger partial charge < -0.3 is 10.4 Å². The lowest BCUT2D eigenvalue weighted by Crippen LogP contribution is -2.11. The summed E-state index contributed by atoms with van der Waals surface area (Å²) in [5.74, 6) is -0.483. The molecule has 0 radical (unpaired) electrons. The average Bonchev–Trinajstić information content (AvgIpc) is 2.10. The molecule has 0 bridgehead atoms. The molecular weight excluding hydrogens is 184 g/mol. The van der Waals surface area contributed by atoms with Crippen LogP contribution in [0.25, 0.3) is 0 Å². The molecule has 1 aromatic heterocycles. The van der Waals surface area contributed by atoms with E-state index in [1.54, 1.807) is 0 Å². The van der Waals surface area contributed by atoms with Crippen LogP contribution in [0.1, 0.15) is 17.8 Å². The fraction of sp³-hybridized carbons (Fsp3) is 0.500. The Morgan fingerprint density at radius 3 is 2.64 bits per heavy atom. The number of hydrogen-bond donors (Lipinski definition) is 2. The minimum atomic E-state index is -0.853. The van der Waals surface area contributed by atoms with E-state index in [2.05, 4.69) is 20.5 Å². The van der Waals surface area contributed by atoms with Gasteiger partial charge in [0.15, 0.2) is 0 Å². The van der Waals surface area contributed by atoms with E-state index in [1.807, 2.05) is 13.8 Å². The number of nitrogens with one attached hydrogen (secondary N) is 1. The zero-order valence-electron chi connectivity index (χ0n) is 8.11. The highest BCUT2D eigenvalue weighted by Crippen LogP contribution is 2.01. The zero-order chi connectivity index (χ0) is 10.6. The molecule has 0 aliphatic carbocycles. The molecule has 0 atom stereocenters. The first-order valence-corrected chi connectivity index (χ1v) is 4.23. The monoisotopic (exact) mass is 196 g/mol. The largest absolute Gasteiger partial charge is 0.481 e. The van der Waals surface area contributed by atoms with Gasteiger partial charge in [0.25, 0.3) is 0 Å². The Bertz CT molecular complexity index is 340. The Balaban J connectivity index is 2.51. The van der Waals surface area contributed by atoms with Crippen molar-refractivity contribution in [3.63, 3.8) is 0 Å². The molecule has 0 aromatic carbocycles. The summed E-state index contributed by atoms with van der Waals surface area (Å²) in [6.07, 6.45) is 0.0380. The molecular formula is C8H12N4O2. The lowest BCUT2D eigenvalue weighted by atomic mass is 10.4. The van der Waals surface area contributed by atoms with Crippen LogP contribution in [0.5, 0.6) is 0 Å². The third-order valence-corrected chi connectivity index (χ3v) is 1.71. The van der Waals surface area contributed by atoms with Crippen molar-refractivity contribution in [2.75, 3.05) is 11.9 Å². The van der Waals surface area contributed by atoms with E-state index in [0.29, 0.717) is 12.5 Å². The van der Waals surface area contributed by atoms with Gasteiger partial charge in [-0.15, -0.1) is 5.10 Å². The molecule has 0 saturated carbocycles. The molecule has 0 fully saturated rings. The Morgan fingerprint density at radius 1 is 1.36 bits per heavy atom. The number of hydrogen-bond acceptors (Lipinski definition) is 5. The zero-order valence-corrected chi connectivity index (χ0v) is 8.11. The van der Waals surface area contributed by atoms with Crippen LogP contribution in [0.2, 0.25) is 0 Å². The molecule has 14 heavy (non-hydrogen) atoms. The predicted octanol–water partition coefficient (Wildman–Crippen LogP) is 0.375. The van der Waals surface area contributed by atoms with Gasteiger partial charge in [-0.3, -0.25) is 4.79 Å². The highest BCUT2D eigenvalue weighted by molar-refractivity contribution is 5.67. The number of rotatable bonds is 4. The van der Waals surface area contributed by atoms with Gasteiger partial charge in [-0.05, 0) is 13.8 Å². The van der Waals surface area contributed by atoms with E-state index in [0.717, 1.165) is 11.4 Å². The molecule has 0 unspecified atom stereocenters. The molecule has 76 valence electrons. The second-order valence-electron chi connectivity index (χ2n) is 2.88. The van der Waals surface area contributed by atoms with Crippen molar-refractivity contribution < 1.29 is 9.90 Å². The van der Waals surface area contributed by atoms with Gasteiger partial charge in [-0.2, -0.15) is 5.10 Å². The van der Waals surface area contributed by atoms with E-state index in [-0.39, 0.29) is 6.42 Å². The van der Waals surface area contributed by atoms with Crippen molar-refractivity contribution in [1.82, 2.24) is 15.2 Å². The maximum Gasteiger partial charge on any atom is 0.305 e. The van der Waals surface area contributed by atoms with Crippen molar-refractivity contribution in [2.45, 2.75) is 20.3 Å². The molecule has 6 heteroatoms. The van der Waals surface area contributed by atoms with Crippen LogP contribution in [0, 0.1) is 13.8 Å². The lowest BCUT2D eigenvalue weighted by Gasteiger charge is -2.03. The molecule has 0 amide bonds. The molecule has 0 aliphatic heterocycles. The van der Waals surface area contributed by atoms with Crippen LogP contribution in [0.4, 0.5) is 5.95 Å². The van der Waals surface area contributed by atoms with Crippen molar-refractivity contribution in [2.24, 2.45) is 0 Å². The van der Waals surface area contributed by atoms with Crippen molar-refractivity contribution in [1.29, 1.82) is 0 Å². The number of carboxylic acids is 1. The Kier molecular flexibility index (Phi) is 3.33. The number of anilines is 1. The minimum absolute atomic E-state index is 0.0380. The topological polar surface area (TPSA) is 88.0 Å². The Hall–Kier alpha value is -1.72. The lowest BCUT2D eigenvalue weighted by molar-refractivity contribution is -0.136. The number of aromatic nitrogens is 3. The fourth-order valence-electron chi connectivity index (χ4n) is 0.813. The van der Waals surface area contributed by atoms with Crippen LogP contribution in [0.15, 0.2) is 0 Å². The maximum atomic E-state index is 10.2. The van der Waals surface area contributed by atoms with Crippen LogP contribution < -0.4 is 5.32 Å². The highest BCUT2D eigenvalue weighted by atomic mass is 16.4. The van der Waals surface area contributed by atoms with Crippen LogP contribution in [-0.4, -0.2) is 32.8 Å². The summed E-state index contributed by atoms with van der Waals surface area (Å²) in [5.41, 5.74) is 1.56. The van der Waals surface area contributed by atoms with Gasteiger partial charge in [-0.25, -0.2) is 4.98 Å². The second kappa shape index (κ2) is 4.50. The Morgan fingerprint density at radius 2 is 2.07 bits per heavy atom. The third-order valence-electron chi connectivity index (χ3n) is 1.71. The second-order valence-corrected chi connectivity index (χ2v) is 2.88. The quantitative estimate of drug-likeness (QED) is 0.723. The normalized spacial score (nSPS) is 9.86. The van der Waals surface area contributed by atoms with Gasteiger partial charge >= 0.3 is 5.97 Å². The molecule has 6 nitrogen and oxygen atoms in total. The fourth-order valence-corrected chi connectivity index (χ4v) is 0.813. The summed E-state index contributed by atoms with van der Waals surface area (Å²) in [6, 6.07) is 0. The summed E-state index contributed by atoms with van der Waals surface area (Å²) in [6.45, 7) is 3.95. The standard InChI is InChI=1S/C8H12N4O2/c1-5-6(2)11-12-8(10-5)9-4-3-7(13)14/h3-4H2,1-2H3,(H,13,14)(H,9,10,12). The van der Waals surface area contributed by atoms with Gasteiger partial charge in [0.1, 0.15) is 0 Å². The van der Waals surface area contributed by atoms with Gasteiger partial charge in [0, 0.05) is 6.54 Å². The number of aliphatic carboxylic acids is 1. The highest BCUT2D eigenvalue weighted by Gasteiger charge is 2.01. The maximum absolute atomic E-state index is 10.2. The number of carboxylic acid groups (broad SMARTS) is 1. The molecule has 2 N–H and O–H groups in total. The van der Waals surface area contributed by atoms with E-state index in [9.17, 15) is 4.79 Å². The summed E-state index contributed by atoms with van der Waals surface area (Å²) < 4.78 is 0. The summed E-state index contributed by atoms with van der Waals surface area (Å²) in [7, 11) is 0. The van der Waals surface area contributed by atoms with Gasteiger partial charge in [0.05, 0.1) is 17.8 Å². The molecule has 0 spiro atoms. The first-order chi connectivity index (χ1) is 6.59. The minimum Gasteiger partial charge on any atom is -0.481 e. The number of nitrogens with zero attached hydrogens (tertiary/aromatic N) is 3. The van der Waals surface area contributed by atoms with Crippen LogP contribution >= 0.6 is 0 Å². The molecule has 1 aromatic rings. The van der Waals surface area contributed by atoms with Crippen molar-refractivity contribution in [3.8, 4) is 0 Å². The van der Waals surface area contributed by atoms with Crippen molar-refractivity contribution in [3.05, 3.63) is 11.4 Å². The van der Waals surface area contributed by atoms with E-state index >= 15 is 0 Å². The summed E-state index contributed by atoms with van der Waals surface area (Å²) in [5, 5.41) is 18.8. The van der Waals surface area contributed by atoms with Crippen LogP contribution in [-0.2, 0) is 4.79 Å². The first kappa shape index (κ1) is 10.4. The Labute approximate surface area is 81.4 Å². The molecule has 1 rings (SSSR count). The van der Waals surface area contributed by atoms with E-state index < -0.39 is 5.97 Å². The third kappa shape index (κ3) is 2.96. The number of carbonyl (C=O) groups is 1. The predicted molar refractivity (Wildman–Crippen MR) is 50.0 cm³/mol. The van der Waals surface area contributed by atoms with Gasteiger partial charge in [0.2, 0.25) is 5.95 Å². The number of aryl methyl sites for hydroxylation is 2. The first-order valence-electron chi connectivity index (χ1n) is 4.23. The smallest absolute Gasteiger partial charge is 0.305 e. The molecule has 0 aliphatic rings. The molecule has 1 heterocycles. The van der Waals surface area contributed by atoms with E-state index in [4.69, 9.17) is 5.11 Å².